The van der Waals surface area contributed by atoms with Crippen LogP contribution in [0.25, 0.3) is 11.1 Å². The third-order valence-corrected chi connectivity index (χ3v) is 3.82. The second-order valence-electron chi connectivity index (χ2n) is 4.70. The number of rotatable bonds is 3. The van der Waals surface area contributed by atoms with Gasteiger partial charge in [0.25, 0.3) is 5.91 Å². The Hall–Kier alpha value is -2.14. The molecule has 0 aliphatic carbocycles. The Balaban J connectivity index is 1.74. The quantitative estimate of drug-likeness (QED) is 0.785. The molecule has 0 unspecified atom stereocenters. The average Bonchev–Trinajstić information content (AvgIpc) is 2.84. The van der Waals surface area contributed by atoms with Crippen LogP contribution in [-0.2, 0) is 6.54 Å². The number of halogens is 1. The van der Waals surface area contributed by atoms with Gasteiger partial charge in [0.1, 0.15) is 5.52 Å². The Morgan fingerprint density at radius 2 is 2.10 bits per heavy atom. The standard InChI is InChI=1S/C16H13BrN2O2/c1-10-19-14-8-11(6-7-15(14)21-10)9-18-16(20)12-4-2-3-5-13(12)17/h2-8H,9H2,1H3,(H,18,20). The van der Waals surface area contributed by atoms with E-state index in [1.807, 2.05) is 43.3 Å². The lowest BCUT2D eigenvalue weighted by Crippen LogP contribution is -2.23. The van der Waals surface area contributed by atoms with Crippen molar-refractivity contribution < 1.29 is 9.21 Å². The number of hydrogen-bond acceptors (Lipinski definition) is 3. The number of carbonyl (C=O) groups is 1. The predicted molar refractivity (Wildman–Crippen MR) is 84.1 cm³/mol. The van der Waals surface area contributed by atoms with Crippen molar-refractivity contribution in [2.75, 3.05) is 0 Å². The SMILES string of the molecule is Cc1nc2cc(CNC(=O)c3ccccc3Br)ccc2o1. The second kappa shape index (κ2) is 5.69. The second-order valence-corrected chi connectivity index (χ2v) is 5.55. The summed E-state index contributed by atoms with van der Waals surface area (Å²) in [7, 11) is 0. The lowest BCUT2D eigenvalue weighted by atomic mass is 10.2. The molecule has 0 atom stereocenters. The third-order valence-electron chi connectivity index (χ3n) is 3.13. The Labute approximate surface area is 130 Å². The molecule has 2 aromatic carbocycles. The predicted octanol–water partition coefficient (Wildman–Crippen LogP) is 3.83. The molecule has 1 amide bonds. The van der Waals surface area contributed by atoms with E-state index < -0.39 is 0 Å². The van der Waals surface area contributed by atoms with E-state index in [4.69, 9.17) is 4.42 Å². The first kappa shape index (κ1) is 13.8. The van der Waals surface area contributed by atoms with Crippen LogP contribution in [-0.4, -0.2) is 10.9 Å². The van der Waals surface area contributed by atoms with E-state index in [1.54, 1.807) is 6.07 Å². The number of aromatic nitrogens is 1. The molecule has 1 aromatic heterocycles. The number of carbonyl (C=O) groups excluding carboxylic acids is 1. The van der Waals surface area contributed by atoms with Gasteiger partial charge in [-0.25, -0.2) is 4.98 Å². The van der Waals surface area contributed by atoms with Crippen LogP contribution in [0.5, 0.6) is 0 Å². The maximum Gasteiger partial charge on any atom is 0.252 e. The fourth-order valence-corrected chi connectivity index (χ4v) is 2.59. The molecule has 0 saturated carbocycles. The fraction of sp³-hybridized carbons (Fsp3) is 0.125. The fourth-order valence-electron chi connectivity index (χ4n) is 2.12. The number of hydrogen-bond donors (Lipinski definition) is 1. The lowest BCUT2D eigenvalue weighted by molar-refractivity contribution is 0.0950. The van der Waals surface area contributed by atoms with Crippen LogP contribution in [0.1, 0.15) is 21.8 Å². The first-order valence-electron chi connectivity index (χ1n) is 6.52. The van der Waals surface area contributed by atoms with Gasteiger partial charge >= 0.3 is 0 Å². The average molecular weight is 345 g/mol. The highest BCUT2D eigenvalue weighted by Crippen LogP contribution is 2.18. The lowest BCUT2D eigenvalue weighted by Gasteiger charge is -2.06. The topological polar surface area (TPSA) is 55.1 Å². The highest BCUT2D eigenvalue weighted by molar-refractivity contribution is 9.10. The van der Waals surface area contributed by atoms with E-state index in [2.05, 4.69) is 26.2 Å². The Bertz CT molecular complexity index is 811. The summed E-state index contributed by atoms with van der Waals surface area (Å²) in [5.41, 5.74) is 3.17. The van der Waals surface area contributed by atoms with E-state index in [-0.39, 0.29) is 5.91 Å². The van der Waals surface area contributed by atoms with Gasteiger partial charge in [0, 0.05) is 17.9 Å². The summed E-state index contributed by atoms with van der Waals surface area (Å²) in [5, 5.41) is 2.90. The number of nitrogens with zero attached hydrogens (tertiary/aromatic N) is 1. The molecule has 1 heterocycles. The van der Waals surface area contributed by atoms with Gasteiger partial charge in [0.2, 0.25) is 0 Å². The molecule has 0 fully saturated rings. The van der Waals surface area contributed by atoms with Crippen molar-refractivity contribution in [3.63, 3.8) is 0 Å². The molecule has 21 heavy (non-hydrogen) atoms. The molecular formula is C16H13BrN2O2. The van der Waals surface area contributed by atoms with Gasteiger partial charge < -0.3 is 9.73 Å². The first-order chi connectivity index (χ1) is 10.1. The van der Waals surface area contributed by atoms with Crippen LogP contribution in [0.2, 0.25) is 0 Å². The normalized spacial score (nSPS) is 10.8. The van der Waals surface area contributed by atoms with Crippen molar-refractivity contribution in [1.82, 2.24) is 10.3 Å². The Kier molecular flexibility index (Phi) is 3.75. The minimum Gasteiger partial charge on any atom is -0.441 e. The molecule has 3 aromatic rings. The van der Waals surface area contributed by atoms with Crippen LogP contribution < -0.4 is 5.32 Å². The van der Waals surface area contributed by atoms with Gasteiger partial charge in [-0.15, -0.1) is 0 Å². The van der Waals surface area contributed by atoms with E-state index in [0.29, 0.717) is 18.0 Å². The van der Waals surface area contributed by atoms with Gasteiger partial charge in [-0.1, -0.05) is 18.2 Å². The van der Waals surface area contributed by atoms with E-state index in [1.165, 1.54) is 0 Å². The summed E-state index contributed by atoms with van der Waals surface area (Å²) in [5.74, 6) is 0.526. The molecule has 0 saturated heterocycles. The monoisotopic (exact) mass is 344 g/mol. The highest BCUT2D eigenvalue weighted by atomic mass is 79.9. The van der Waals surface area contributed by atoms with Crippen LogP contribution in [0, 0.1) is 6.92 Å². The molecule has 0 spiro atoms. The maximum atomic E-state index is 12.1. The number of nitrogens with one attached hydrogen (secondary N) is 1. The van der Waals surface area contributed by atoms with Crippen LogP contribution >= 0.6 is 15.9 Å². The minimum atomic E-state index is -0.112. The van der Waals surface area contributed by atoms with Gasteiger partial charge in [0.05, 0.1) is 5.56 Å². The maximum absolute atomic E-state index is 12.1. The smallest absolute Gasteiger partial charge is 0.252 e. The number of fused-ring (bicyclic) bond motifs is 1. The summed E-state index contributed by atoms with van der Waals surface area (Å²) in [6.07, 6.45) is 0. The zero-order chi connectivity index (χ0) is 14.8. The van der Waals surface area contributed by atoms with Crippen molar-refractivity contribution in [3.8, 4) is 0 Å². The van der Waals surface area contributed by atoms with Crippen molar-refractivity contribution in [2.45, 2.75) is 13.5 Å². The molecule has 0 radical (unpaired) electrons. The van der Waals surface area contributed by atoms with Gasteiger partial charge in [-0.2, -0.15) is 0 Å². The molecule has 5 heteroatoms. The molecule has 0 bridgehead atoms. The zero-order valence-electron chi connectivity index (χ0n) is 11.4. The molecule has 1 N–H and O–H groups in total. The third kappa shape index (κ3) is 2.97. The minimum absolute atomic E-state index is 0.112. The number of aryl methyl sites for hydroxylation is 1. The van der Waals surface area contributed by atoms with Crippen LogP contribution in [0.3, 0.4) is 0 Å². The largest absolute Gasteiger partial charge is 0.441 e. The number of oxazole rings is 1. The van der Waals surface area contributed by atoms with E-state index in [9.17, 15) is 4.79 Å². The molecule has 0 aliphatic heterocycles. The summed E-state index contributed by atoms with van der Waals surface area (Å²) < 4.78 is 6.21. The molecule has 106 valence electrons. The van der Waals surface area contributed by atoms with Crippen LogP contribution in [0.4, 0.5) is 0 Å². The first-order valence-corrected chi connectivity index (χ1v) is 7.31. The molecular weight excluding hydrogens is 332 g/mol. The van der Waals surface area contributed by atoms with Crippen molar-refractivity contribution >= 4 is 32.9 Å². The Morgan fingerprint density at radius 1 is 1.29 bits per heavy atom. The molecule has 3 rings (SSSR count). The summed E-state index contributed by atoms with van der Waals surface area (Å²) >= 11 is 3.38. The number of amides is 1. The highest BCUT2D eigenvalue weighted by Gasteiger charge is 2.09. The van der Waals surface area contributed by atoms with Crippen molar-refractivity contribution in [1.29, 1.82) is 0 Å². The zero-order valence-corrected chi connectivity index (χ0v) is 13.0. The van der Waals surface area contributed by atoms with E-state index >= 15 is 0 Å². The van der Waals surface area contributed by atoms with Crippen molar-refractivity contribution in [2.24, 2.45) is 0 Å². The van der Waals surface area contributed by atoms with Gasteiger partial charge in [-0.3, -0.25) is 4.79 Å². The van der Waals surface area contributed by atoms with Crippen LogP contribution in [0.15, 0.2) is 51.4 Å². The van der Waals surface area contributed by atoms with E-state index in [0.717, 1.165) is 21.1 Å². The summed E-state index contributed by atoms with van der Waals surface area (Å²) in [4.78, 5) is 16.4. The molecule has 4 nitrogen and oxygen atoms in total. The summed E-state index contributed by atoms with van der Waals surface area (Å²) in [6, 6.07) is 13.1. The van der Waals surface area contributed by atoms with Crippen molar-refractivity contribution in [3.05, 3.63) is 64.0 Å². The molecule has 0 aliphatic rings. The van der Waals surface area contributed by atoms with Gasteiger partial charge in [0.15, 0.2) is 11.5 Å². The Morgan fingerprint density at radius 3 is 2.90 bits per heavy atom. The van der Waals surface area contributed by atoms with Gasteiger partial charge in [-0.05, 0) is 45.8 Å². The summed E-state index contributed by atoms with van der Waals surface area (Å²) in [6.45, 7) is 2.26. The number of benzene rings is 2.